The highest BCUT2D eigenvalue weighted by Crippen LogP contribution is 2.19. The third-order valence-electron chi connectivity index (χ3n) is 3.48. The van der Waals surface area contributed by atoms with Crippen molar-refractivity contribution in [3.63, 3.8) is 0 Å². The van der Waals surface area contributed by atoms with E-state index in [2.05, 4.69) is 0 Å². The highest BCUT2D eigenvalue weighted by Gasteiger charge is 1.99. The molecular weight excluding hydrogens is 339 g/mol. The molecule has 0 amide bonds. The van der Waals surface area contributed by atoms with E-state index in [1.165, 1.54) is 0 Å². The number of halogens is 1. The Morgan fingerprint density at radius 2 is 1.19 bits per heavy atom. The quantitative estimate of drug-likeness (QED) is 0.508. The molecule has 0 saturated heterocycles. The summed E-state index contributed by atoms with van der Waals surface area (Å²) in [4.78, 5) is 0. The number of rotatable bonds is 13. The Morgan fingerprint density at radius 1 is 0.654 bits per heavy atom. The van der Waals surface area contributed by atoms with E-state index in [4.69, 9.17) is 23.7 Å². The molecule has 0 fully saturated rings. The fraction of sp³-hybridized carbons (Fsp3) is 0.400. The molecule has 0 atom stereocenters. The lowest BCUT2D eigenvalue weighted by Crippen LogP contribution is -2.11. The largest absolute Gasteiger partial charge is 0.497 e. The van der Waals surface area contributed by atoms with Gasteiger partial charge in [0.25, 0.3) is 0 Å². The van der Waals surface area contributed by atoms with Crippen molar-refractivity contribution in [3.8, 4) is 17.2 Å². The van der Waals surface area contributed by atoms with Crippen molar-refractivity contribution in [2.75, 3.05) is 46.8 Å². The van der Waals surface area contributed by atoms with Crippen molar-refractivity contribution in [1.82, 2.24) is 0 Å². The van der Waals surface area contributed by atoms with Crippen molar-refractivity contribution in [3.05, 3.63) is 54.1 Å². The molecule has 2 aromatic carbocycles. The van der Waals surface area contributed by atoms with Crippen molar-refractivity contribution in [2.24, 2.45) is 0 Å². The smallest absolute Gasteiger partial charge is 0.120 e. The van der Waals surface area contributed by atoms with Gasteiger partial charge in [0, 0.05) is 0 Å². The minimum absolute atomic E-state index is 0.118. The molecule has 6 heteroatoms. The Morgan fingerprint density at radius 3 is 1.81 bits per heavy atom. The zero-order valence-electron chi connectivity index (χ0n) is 15.0. The predicted molar refractivity (Wildman–Crippen MR) is 96.9 cm³/mol. The van der Waals surface area contributed by atoms with Gasteiger partial charge in [0.05, 0.1) is 33.5 Å². The second-order valence-corrected chi connectivity index (χ2v) is 5.37. The number of methoxy groups -OCH3 is 1. The monoisotopic (exact) mass is 364 g/mol. The summed E-state index contributed by atoms with van der Waals surface area (Å²) in [5, 5.41) is 0. The Labute approximate surface area is 153 Å². The summed E-state index contributed by atoms with van der Waals surface area (Å²) in [5.74, 6) is 2.35. The van der Waals surface area contributed by atoms with Crippen LogP contribution in [0.15, 0.2) is 48.5 Å². The number of alkyl halides is 1. The molecule has 142 valence electrons. The van der Waals surface area contributed by atoms with E-state index in [0.717, 1.165) is 22.8 Å². The van der Waals surface area contributed by atoms with Crippen molar-refractivity contribution < 1.29 is 28.1 Å². The summed E-state index contributed by atoms with van der Waals surface area (Å²) in [6.07, 6.45) is 0. The molecule has 0 aliphatic heterocycles. The molecule has 0 saturated carbocycles. The molecule has 0 heterocycles. The summed E-state index contributed by atoms with van der Waals surface area (Å²) >= 11 is 0. The van der Waals surface area contributed by atoms with E-state index in [1.54, 1.807) is 7.11 Å². The van der Waals surface area contributed by atoms with E-state index in [-0.39, 0.29) is 6.61 Å². The average molecular weight is 364 g/mol. The molecule has 0 radical (unpaired) electrons. The third-order valence-corrected chi connectivity index (χ3v) is 3.48. The molecule has 2 rings (SSSR count). The molecule has 0 spiro atoms. The maximum absolute atomic E-state index is 11.8. The highest BCUT2D eigenvalue weighted by molar-refractivity contribution is 5.32. The van der Waals surface area contributed by atoms with Crippen molar-refractivity contribution in [2.45, 2.75) is 6.61 Å². The lowest BCUT2D eigenvalue weighted by molar-refractivity contribution is 0.0325. The molecule has 0 unspecified atom stereocenters. The highest BCUT2D eigenvalue weighted by atomic mass is 19.1. The van der Waals surface area contributed by atoms with Gasteiger partial charge in [0.1, 0.15) is 37.1 Å². The van der Waals surface area contributed by atoms with Crippen molar-refractivity contribution in [1.29, 1.82) is 0 Å². The van der Waals surface area contributed by atoms with Crippen LogP contribution in [0.3, 0.4) is 0 Å². The standard InChI is InChI=1S/C20H25FO5/c1-22-18-4-2-17(3-5-18)16-26-20-8-6-19(7-9-20)25-15-14-24-13-12-23-11-10-21/h2-9H,10-16H2,1H3. The van der Waals surface area contributed by atoms with Crippen LogP contribution in [0.2, 0.25) is 0 Å². The van der Waals surface area contributed by atoms with Gasteiger partial charge in [-0.1, -0.05) is 12.1 Å². The van der Waals surface area contributed by atoms with Gasteiger partial charge in [-0.05, 0) is 42.0 Å². The molecule has 0 aromatic heterocycles. The van der Waals surface area contributed by atoms with Gasteiger partial charge in [0.15, 0.2) is 0 Å². The number of ether oxygens (including phenoxy) is 5. The maximum atomic E-state index is 11.8. The molecule has 0 bridgehead atoms. The summed E-state index contributed by atoms with van der Waals surface area (Å²) in [7, 11) is 1.64. The van der Waals surface area contributed by atoms with E-state index < -0.39 is 6.67 Å². The SMILES string of the molecule is COc1ccc(COc2ccc(OCCOCCOCCF)cc2)cc1. The zero-order chi connectivity index (χ0) is 18.5. The molecule has 0 N–H and O–H groups in total. The second kappa shape index (κ2) is 12.1. The molecule has 0 aliphatic carbocycles. The Bertz CT molecular complexity index is 601. The number of hydrogen-bond acceptors (Lipinski definition) is 5. The van der Waals surface area contributed by atoms with Crippen LogP contribution in [0.5, 0.6) is 17.2 Å². The van der Waals surface area contributed by atoms with Crippen LogP contribution in [0, 0.1) is 0 Å². The molecule has 5 nitrogen and oxygen atoms in total. The fourth-order valence-corrected chi connectivity index (χ4v) is 2.12. The first-order chi connectivity index (χ1) is 12.8. The van der Waals surface area contributed by atoms with Crippen LogP contribution in [0.25, 0.3) is 0 Å². The third kappa shape index (κ3) is 7.72. The Hall–Kier alpha value is -2.31. The molecular formula is C20H25FO5. The predicted octanol–water partition coefficient (Wildman–Crippen LogP) is 3.66. The van der Waals surface area contributed by atoms with Crippen LogP contribution < -0.4 is 14.2 Å². The van der Waals surface area contributed by atoms with E-state index in [9.17, 15) is 4.39 Å². The first kappa shape index (κ1) is 20.0. The summed E-state index contributed by atoms with van der Waals surface area (Å²) in [6.45, 7) is 1.85. The van der Waals surface area contributed by atoms with E-state index in [1.807, 2.05) is 48.5 Å². The summed E-state index contributed by atoms with van der Waals surface area (Å²) in [5.41, 5.74) is 1.07. The molecule has 26 heavy (non-hydrogen) atoms. The Balaban J connectivity index is 1.61. The van der Waals surface area contributed by atoms with E-state index in [0.29, 0.717) is 33.0 Å². The van der Waals surface area contributed by atoms with Gasteiger partial charge in [-0.15, -0.1) is 0 Å². The van der Waals surface area contributed by atoms with Gasteiger partial charge in [-0.2, -0.15) is 0 Å². The van der Waals surface area contributed by atoms with Crippen LogP contribution in [-0.2, 0) is 16.1 Å². The number of hydrogen-bond donors (Lipinski definition) is 0. The Kier molecular flexibility index (Phi) is 9.32. The van der Waals surface area contributed by atoms with Gasteiger partial charge in [0.2, 0.25) is 0 Å². The van der Waals surface area contributed by atoms with Crippen LogP contribution >= 0.6 is 0 Å². The van der Waals surface area contributed by atoms with E-state index >= 15 is 0 Å². The zero-order valence-corrected chi connectivity index (χ0v) is 15.0. The fourth-order valence-electron chi connectivity index (χ4n) is 2.12. The van der Waals surface area contributed by atoms with Crippen LogP contribution in [-0.4, -0.2) is 46.8 Å². The van der Waals surface area contributed by atoms with Gasteiger partial charge >= 0.3 is 0 Å². The second-order valence-electron chi connectivity index (χ2n) is 5.37. The molecule has 2 aromatic rings. The minimum Gasteiger partial charge on any atom is -0.497 e. The number of benzene rings is 2. The summed E-state index contributed by atoms with van der Waals surface area (Å²) in [6, 6.07) is 15.2. The average Bonchev–Trinajstić information content (AvgIpc) is 2.69. The van der Waals surface area contributed by atoms with Crippen LogP contribution in [0.4, 0.5) is 4.39 Å². The van der Waals surface area contributed by atoms with Crippen LogP contribution in [0.1, 0.15) is 5.56 Å². The van der Waals surface area contributed by atoms with Gasteiger partial charge in [-0.25, -0.2) is 4.39 Å². The first-order valence-corrected chi connectivity index (χ1v) is 8.52. The van der Waals surface area contributed by atoms with Gasteiger partial charge < -0.3 is 23.7 Å². The lowest BCUT2D eigenvalue weighted by atomic mass is 10.2. The van der Waals surface area contributed by atoms with Gasteiger partial charge in [-0.3, -0.25) is 0 Å². The topological polar surface area (TPSA) is 46.2 Å². The minimum atomic E-state index is -0.469. The molecule has 0 aliphatic rings. The van der Waals surface area contributed by atoms with Crippen molar-refractivity contribution >= 4 is 0 Å². The summed E-state index contributed by atoms with van der Waals surface area (Å²) < 4.78 is 38.6. The normalized spacial score (nSPS) is 10.5. The maximum Gasteiger partial charge on any atom is 0.120 e. The lowest BCUT2D eigenvalue weighted by Gasteiger charge is -2.09. The first-order valence-electron chi connectivity index (χ1n) is 8.52.